The maximum absolute atomic E-state index is 12.9. The number of hydrogen-bond donors (Lipinski definition) is 0. The second kappa shape index (κ2) is 9.52. The molecule has 2 saturated heterocycles. The number of benzene rings is 2. The van der Waals surface area contributed by atoms with E-state index < -0.39 is 11.9 Å². The van der Waals surface area contributed by atoms with Crippen LogP contribution >= 0.6 is 0 Å². The summed E-state index contributed by atoms with van der Waals surface area (Å²) in [5.41, 5.74) is 1.11. The fourth-order valence-corrected chi connectivity index (χ4v) is 5.31. The van der Waals surface area contributed by atoms with E-state index in [1.54, 1.807) is 53.4 Å². The maximum atomic E-state index is 12.9. The average molecular weight is 477 g/mol. The summed E-state index contributed by atoms with van der Waals surface area (Å²) in [5, 5.41) is 0. The molecular formula is C27H28N2O6. The Bertz CT molecular complexity index is 1140. The Balaban J connectivity index is 1.26. The lowest BCUT2D eigenvalue weighted by Crippen LogP contribution is -2.31. The molecule has 0 aromatic heterocycles. The van der Waals surface area contributed by atoms with Gasteiger partial charge in [0.2, 0.25) is 17.7 Å². The monoisotopic (exact) mass is 476 g/mol. The third kappa shape index (κ3) is 4.40. The number of rotatable bonds is 6. The molecule has 2 aromatic carbocycles. The molecule has 8 heteroatoms. The number of amides is 3. The van der Waals surface area contributed by atoms with E-state index in [2.05, 4.69) is 0 Å². The van der Waals surface area contributed by atoms with E-state index in [0.29, 0.717) is 23.7 Å². The Labute approximate surface area is 203 Å². The van der Waals surface area contributed by atoms with Crippen LogP contribution in [0.4, 0.5) is 11.4 Å². The van der Waals surface area contributed by atoms with Crippen LogP contribution in [0.3, 0.4) is 0 Å². The highest BCUT2D eigenvalue weighted by atomic mass is 16.5. The SMILES string of the molecule is CCOc1ccc(N2C[C@H](C(=O)Oc3cccc(N4C(=O)[C@H]5CCCC[C@H]5C4=O)c3)CC2=O)cc1. The highest BCUT2D eigenvalue weighted by Gasteiger charge is 2.48. The average Bonchev–Trinajstić information content (AvgIpc) is 3.37. The van der Waals surface area contributed by atoms with Crippen LogP contribution in [0.5, 0.6) is 11.5 Å². The van der Waals surface area contributed by atoms with Crippen molar-refractivity contribution >= 4 is 35.1 Å². The summed E-state index contributed by atoms with van der Waals surface area (Å²) in [7, 11) is 0. The van der Waals surface area contributed by atoms with Crippen molar-refractivity contribution in [3.63, 3.8) is 0 Å². The summed E-state index contributed by atoms with van der Waals surface area (Å²) >= 11 is 0. The summed E-state index contributed by atoms with van der Waals surface area (Å²) in [4.78, 5) is 54.1. The van der Waals surface area contributed by atoms with Gasteiger partial charge in [-0.1, -0.05) is 18.9 Å². The third-order valence-corrected chi connectivity index (χ3v) is 7.05. The summed E-state index contributed by atoms with van der Waals surface area (Å²) in [6.45, 7) is 2.67. The second-order valence-corrected chi connectivity index (χ2v) is 9.26. The standard InChI is InChI=1S/C27H28N2O6/c1-2-34-20-12-10-18(11-13-20)28-16-17(14-24(28)30)27(33)35-21-7-5-6-19(15-21)29-25(31)22-8-3-4-9-23(22)26(29)32/h5-7,10-13,15,17,22-23H,2-4,8-9,14,16H2,1H3/t17-,22-,23+/m1/s1. The van der Waals surface area contributed by atoms with Crippen LogP contribution in [0.1, 0.15) is 39.0 Å². The van der Waals surface area contributed by atoms with Gasteiger partial charge in [-0.2, -0.15) is 0 Å². The number of hydrogen-bond acceptors (Lipinski definition) is 6. The Morgan fingerprint density at radius 3 is 2.26 bits per heavy atom. The molecule has 182 valence electrons. The minimum Gasteiger partial charge on any atom is -0.494 e. The summed E-state index contributed by atoms with van der Waals surface area (Å²) in [6, 6.07) is 13.7. The molecule has 0 unspecified atom stereocenters. The number of anilines is 2. The molecule has 1 saturated carbocycles. The fraction of sp³-hybridized carbons (Fsp3) is 0.407. The number of ether oxygens (including phenoxy) is 2. The van der Waals surface area contributed by atoms with Crippen LogP contribution in [0.15, 0.2) is 48.5 Å². The van der Waals surface area contributed by atoms with Gasteiger partial charge in [-0.3, -0.25) is 19.2 Å². The van der Waals surface area contributed by atoms with Gasteiger partial charge < -0.3 is 14.4 Å². The van der Waals surface area contributed by atoms with Crippen molar-refractivity contribution in [3.05, 3.63) is 48.5 Å². The molecule has 2 heterocycles. The summed E-state index contributed by atoms with van der Waals surface area (Å²) in [6.07, 6.45) is 3.44. The molecule has 0 N–H and O–H groups in total. The van der Waals surface area contributed by atoms with E-state index in [1.807, 2.05) is 6.92 Å². The number of imide groups is 1. The predicted molar refractivity (Wildman–Crippen MR) is 128 cm³/mol. The van der Waals surface area contributed by atoms with Gasteiger partial charge in [0.25, 0.3) is 0 Å². The first kappa shape index (κ1) is 23.1. The molecule has 1 aliphatic carbocycles. The third-order valence-electron chi connectivity index (χ3n) is 7.05. The predicted octanol–water partition coefficient (Wildman–Crippen LogP) is 3.72. The van der Waals surface area contributed by atoms with Crippen LogP contribution in [0.2, 0.25) is 0 Å². The van der Waals surface area contributed by atoms with E-state index >= 15 is 0 Å². The van der Waals surface area contributed by atoms with Crippen LogP contribution in [0.25, 0.3) is 0 Å². The molecule has 3 amide bonds. The molecule has 3 fully saturated rings. The normalized spacial score (nSPS) is 24.0. The molecule has 3 aliphatic rings. The second-order valence-electron chi connectivity index (χ2n) is 9.26. The molecule has 0 radical (unpaired) electrons. The van der Waals surface area contributed by atoms with Gasteiger partial charge in [-0.05, 0) is 56.2 Å². The van der Waals surface area contributed by atoms with Crippen LogP contribution < -0.4 is 19.3 Å². The topological polar surface area (TPSA) is 93.2 Å². The van der Waals surface area contributed by atoms with Crippen molar-refractivity contribution in [2.24, 2.45) is 17.8 Å². The zero-order valence-electron chi connectivity index (χ0n) is 19.6. The van der Waals surface area contributed by atoms with Crippen molar-refractivity contribution < 1.29 is 28.7 Å². The molecule has 2 aliphatic heterocycles. The molecule has 0 spiro atoms. The van der Waals surface area contributed by atoms with Crippen LogP contribution in [-0.2, 0) is 19.2 Å². The van der Waals surface area contributed by atoms with Crippen LogP contribution in [-0.4, -0.2) is 36.8 Å². The Kier molecular flexibility index (Phi) is 6.28. The minimum absolute atomic E-state index is 0.0538. The first-order chi connectivity index (χ1) is 17.0. The number of nitrogens with zero attached hydrogens (tertiary/aromatic N) is 2. The zero-order chi connectivity index (χ0) is 24.5. The molecule has 35 heavy (non-hydrogen) atoms. The van der Waals surface area contributed by atoms with Gasteiger partial charge in [0.15, 0.2) is 0 Å². The quantitative estimate of drug-likeness (QED) is 0.358. The number of fused-ring (bicyclic) bond motifs is 1. The lowest BCUT2D eigenvalue weighted by molar-refractivity contribution is -0.139. The Morgan fingerprint density at radius 2 is 1.60 bits per heavy atom. The molecule has 8 nitrogen and oxygen atoms in total. The Morgan fingerprint density at radius 1 is 0.914 bits per heavy atom. The molecule has 5 rings (SSSR count). The van der Waals surface area contributed by atoms with Gasteiger partial charge in [0, 0.05) is 24.7 Å². The minimum atomic E-state index is -0.615. The van der Waals surface area contributed by atoms with Gasteiger partial charge in [-0.15, -0.1) is 0 Å². The fourth-order valence-electron chi connectivity index (χ4n) is 5.31. The first-order valence-electron chi connectivity index (χ1n) is 12.2. The lowest BCUT2D eigenvalue weighted by Gasteiger charge is -2.19. The van der Waals surface area contributed by atoms with E-state index in [4.69, 9.17) is 9.47 Å². The van der Waals surface area contributed by atoms with E-state index in [0.717, 1.165) is 25.7 Å². The van der Waals surface area contributed by atoms with Crippen molar-refractivity contribution in [1.29, 1.82) is 0 Å². The van der Waals surface area contributed by atoms with Gasteiger partial charge >= 0.3 is 5.97 Å². The van der Waals surface area contributed by atoms with Crippen molar-refractivity contribution in [1.82, 2.24) is 0 Å². The smallest absolute Gasteiger partial charge is 0.316 e. The molecular weight excluding hydrogens is 448 g/mol. The van der Waals surface area contributed by atoms with E-state index in [1.165, 1.54) is 4.90 Å². The highest BCUT2D eigenvalue weighted by Crippen LogP contribution is 2.40. The zero-order valence-corrected chi connectivity index (χ0v) is 19.6. The van der Waals surface area contributed by atoms with Crippen molar-refractivity contribution in [2.45, 2.75) is 39.0 Å². The van der Waals surface area contributed by atoms with E-state index in [9.17, 15) is 19.2 Å². The number of carbonyl (C=O) groups excluding carboxylic acids is 4. The lowest BCUT2D eigenvalue weighted by atomic mass is 9.81. The maximum Gasteiger partial charge on any atom is 0.316 e. The largest absolute Gasteiger partial charge is 0.494 e. The molecule has 2 aromatic rings. The highest BCUT2D eigenvalue weighted by molar-refractivity contribution is 6.22. The molecule has 3 atom stereocenters. The number of carbonyl (C=O) groups is 4. The Hall–Kier alpha value is -3.68. The summed E-state index contributed by atoms with van der Waals surface area (Å²) < 4.78 is 11.0. The van der Waals surface area contributed by atoms with Crippen molar-refractivity contribution in [3.8, 4) is 11.5 Å². The van der Waals surface area contributed by atoms with Crippen LogP contribution in [0, 0.1) is 17.8 Å². The number of esters is 1. The molecule has 0 bridgehead atoms. The van der Waals surface area contributed by atoms with Crippen molar-refractivity contribution in [2.75, 3.05) is 23.0 Å². The van der Waals surface area contributed by atoms with Gasteiger partial charge in [0.1, 0.15) is 11.5 Å². The van der Waals surface area contributed by atoms with Gasteiger partial charge in [0.05, 0.1) is 30.0 Å². The summed E-state index contributed by atoms with van der Waals surface area (Å²) in [5.74, 6) is -1.16. The van der Waals surface area contributed by atoms with Gasteiger partial charge in [-0.25, -0.2) is 4.90 Å². The first-order valence-corrected chi connectivity index (χ1v) is 12.2. The van der Waals surface area contributed by atoms with E-state index in [-0.39, 0.29) is 48.3 Å².